The lowest BCUT2D eigenvalue weighted by atomic mass is 10.1. The summed E-state index contributed by atoms with van der Waals surface area (Å²) in [4.78, 5) is 0. The third-order valence-electron chi connectivity index (χ3n) is 2.56. The van der Waals surface area contributed by atoms with Gasteiger partial charge < -0.3 is 4.74 Å². The molecule has 128 valence electrons. The van der Waals surface area contributed by atoms with E-state index in [1.165, 1.54) is 0 Å². The largest absolute Gasteiger partial charge is 0.375 e. The van der Waals surface area contributed by atoms with E-state index < -0.39 is 76.4 Å². The summed E-state index contributed by atoms with van der Waals surface area (Å²) in [6.45, 7) is -4.43. The number of hydrogen-bond acceptors (Lipinski definition) is 1. The van der Waals surface area contributed by atoms with Gasteiger partial charge in [0.25, 0.3) is 11.8 Å². The molecule has 0 spiro atoms. The molecule has 2 atom stereocenters. The third-order valence-corrected chi connectivity index (χ3v) is 2.56. The van der Waals surface area contributed by atoms with Crippen LogP contribution < -0.4 is 0 Å². The van der Waals surface area contributed by atoms with Crippen molar-refractivity contribution in [1.82, 2.24) is 0 Å². The van der Waals surface area contributed by atoms with Gasteiger partial charge in [0.15, 0.2) is 0 Å². The number of alkyl halides is 8. The van der Waals surface area contributed by atoms with Gasteiger partial charge in [-0.25, -0.2) is 26.3 Å². The smallest absolute Gasteiger partial charge is 0.253 e. The van der Waals surface area contributed by atoms with Crippen LogP contribution in [0.15, 0.2) is 0 Å². The van der Waals surface area contributed by atoms with Gasteiger partial charge in [0.05, 0.1) is 26.6 Å². The van der Waals surface area contributed by atoms with Crippen molar-refractivity contribution in [2.45, 2.75) is 49.9 Å². The molecule has 0 saturated heterocycles. The molecule has 0 N–H and O–H groups in total. The van der Waals surface area contributed by atoms with Crippen LogP contribution >= 0.6 is 0 Å². The molecule has 0 bridgehead atoms. The monoisotopic (exact) mass is 330 g/mol. The van der Waals surface area contributed by atoms with Crippen LogP contribution in [0.1, 0.15) is 25.7 Å². The van der Waals surface area contributed by atoms with Crippen molar-refractivity contribution in [1.29, 1.82) is 0 Å². The van der Waals surface area contributed by atoms with Crippen LogP contribution in [0.25, 0.3) is 0 Å². The van der Waals surface area contributed by atoms with Gasteiger partial charge in [-0.3, -0.25) is 8.78 Å². The van der Waals surface area contributed by atoms with Crippen molar-refractivity contribution < 1.29 is 39.9 Å². The SMILES string of the molecule is FCCC(F)(F)CC(F)COCC(F)CC(F)(F)CCF. The van der Waals surface area contributed by atoms with Gasteiger partial charge in [-0.05, 0) is 0 Å². The first kappa shape index (κ1) is 20.4. The van der Waals surface area contributed by atoms with Crippen molar-refractivity contribution in [3.63, 3.8) is 0 Å². The molecule has 0 aromatic carbocycles. The minimum Gasteiger partial charge on any atom is -0.375 e. The van der Waals surface area contributed by atoms with Crippen molar-refractivity contribution in [2.75, 3.05) is 26.6 Å². The summed E-state index contributed by atoms with van der Waals surface area (Å²) in [6, 6.07) is 0. The molecule has 0 aliphatic rings. The number of halogens is 8. The van der Waals surface area contributed by atoms with Gasteiger partial charge >= 0.3 is 0 Å². The zero-order valence-corrected chi connectivity index (χ0v) is 11.2. The minimum absolute atomic E-state index is 0.906. The number of ether oxygens (including phenoxy) is 1. The summed E-state index contributed by atoms with van der Waals surface area (Å²) >= 11 is 0. The molecule has 1 nitrogen and oxygen atoms in total. The van der Waals surface area contributed by atoms with Crippen LogP contribution in [-0.2, 0) is 4.74 Å². The normalized spacial score (nSPS) is 16.0. The Balaban J connectivity index is 3.92. The summed E-state index contributed by atoms with van der Waals surface area (Å²) in [6.07, 6.45) is -9.16. The molecule has 0 aliphatic carbocycles. The predicted octanol–water partition coefficient (Wildman–Crippen LogP) is 4.45. The highest BCUT2D eigenvalue weighted by atomic mass is 19.3. The van der Waals surface area contributed by atoms with E-state index in [2.05, 4.69) is 4.74 Å². The van der Waals surface area contributed by atoms with E-state index in [1.54, 1.807) is 0 Å². The van der Waals surface area contributed by atoms with E-state index in [0.29, 0.717) is 0 Å². The van der Waals surface area contributed by atoms with E-state index in [4.69, 9.17) is 0 Å². The zero-order valence-electron chi connectivity index (χ0n) is 11.2. The van der Waals surface area contributed by atoms with Gasteiger partial charge in [-0.2, -0.15) is 0 Å². The molecule has 21 heavy (non-hydrogen) atoms. The van der Waals surface area contributed by atoms with Crippen LogP contribution in [0.3, 0.4) is 0 Å². The fourth-order valence-corrected chi connectivity index (χ4v) is 1.57. The van der Waals surface area contributed by atoms with Crippen LogP contribution in [0.5, 0.6) is 0 Å². The Morgan fingerprint density at radius 2 is 1.05 bits per heavy atom. The fourth-order valence-electron chi connectivity index (χ4n) is 1.57. The summed E-state index contributed by atoms with van der Waals surface area (Å²) in [5.41, 5.74) is 0. The van der Waals surface area contributed by atoms with Crippen molar-refractivity contribution in [2.24, 2.45) is 0 Å². The molecule has 0 heterocycles. The molecule has 0 rings (SSSR count). The van der Waals surface area contributed by atoms with Crippen LogP contribution in [0.2, 0.25) is 0 Å². The lowest BCUT2D eigenvalue weighted by molar-refractivity contribution is -0.0683. The molecule has 0 fully saturated rings. The fraction of sp³-hybridized carbons (Fsp3) is 1.00. The molecular formula is C12H18F8O. The van der Waals surface area contributed by atoms with Gasteiger partial charge in [0, 0.05) is 25.7 Å². The number of rotatable bonds is 12. The zero-order chi connectivity index (χ0) is 16.5. The molecule has 0 aromatic heterocycles. The lowest BCUT2D eigenvalue weighted by Crippen LogP contribution is -2.28. The second-order valence-corrected chi connectivity index (χ2v) is 4.73. The first-order chi connectivity index (χ1) is 9.62. The van der Waals surface area contributed by atoms with Crippen molar-refractivity contribution in [3.8, 4) is 0 Å². The highest BCUT2D eigenvalue weighted by Gasteiger charge is 2.34. The Kier molecular flexibility index (Phi) is 9.15. The molecule has 2 unspecified atom stereocenters. The number of hydrogen-bond donors (Lipinski definition) is 0. The Labute approximate surface area is 117 Å². The second-order valence-electron chi connectivity index (χ2n) is 4.73. The second kappa shape index (κ2) is 9.42. The van der Waals surface area contributed by atoms with E-state index >= 15 is 0 Å². The van der Waals surface area contributed by atoms with Gasteiger partial charge in [0.1, 0.15) is 12.3 Å². The molecule has 0 saturated carbocycles. The summed E-state index contributed by atoms with van der Waals surface area (Å²) < 4.78 is 105. The molecule has 0 aliphatic heterocycles. The summed E-state index contributed by atoms with van der Waals surface area (Å²) in [7, 11) is 0. The highest BCUT2D eigenvalue weighted by molar-refractivity contribution is 4.73. The Bertz CT molecular complexity index is 248. The Morgan fingerprint density at radius 1 is 0.714 bits per heavy atom. The minimum atomic E-state index is -3.54. The van der Waals surface area contributed by atoms with Crippen LogP contribution in [0.4, 0.5) is 35.1 Å². The predicted molar refractivity (Wildman–Crippen MR) is 60.9 cm³/mol. The van der Waals surface area contributed by atoms with Crippen molar-refractivity contribution >= 4 is 0 Å². The first-order valence-corrected chi connectivity index (χ1v) is 6.35. The molecule has 0 radical (unpaired) electrons. The van der Waals surface area contributed by atoms with Crippen molar-refractivity contribution in [3.05, 3.63) is 0 Å². The van der Waals surface area contributed by atoms with Crippen LogP contribution in [0, 0.1) is 0 Å². The maximum absolute atomic E-state index is 13.1. The molecule has 9 heteroatoms. The van der Waals surface area contributed by atoms with E-state index in [1.807, 2.05) is 0 Å². The van der Waals surface area contributed by atoms with Crippen LogP contribution in [-0.4, -0.2) is 50.8 Å². The summed E-state index contributed by atoms with van der Waals surface area (Å²) in [5, 5.41) is 0. The highest BCUT2D eigenvalue weighted by Crippen LogP contribution is 2.27. The maximum Gasteiger partial charge on any atom is 0.253 e. The standard InChI is InChI=1S/C12H18F8O/c13-3-1-11(17,18)5-9(15)7-21-8-10(16)6-12(19,20)2-4-14/h9-10H,1-8H2. The van der Waals surface area contributed by atoms with E-state index in [-0.39, 0.29) is 0 Å². The van der Waals surface area contributed by atoms with E-state index in [0.717, 1.165) is 0 Å². The quantitative estimate of drug-likeness (QED) is 0.481. The Hall–Kier alpha value is -0.600. The summed E-state index contributed by atoms with van der Waals surface area (Å²) in [5.74, 6) is -7.08. The Morgan fingerprint density at radius 3 is 1.33 bits per heavy atom. The van der Waals surface area contributed by atoms with Gasteiger partial charge in [0.2, 0.25) is 0 Å². The molecule has 0 aromatic rings. The third kappa shape index (κ3) is 10.7. The lowest BCUT2D eigenvalue weighted by Gasteiger charge is -2.19. The average Bonchev–Trinajstić information content (AvgIpc) is 2.26. The molecule has 0 amide bonds. The topological polar surface area (TPSA) is 9.23 Å². The maximum atomic E-state index is 13.1. The van der Waals surface area contributed by atoms with E-state index in [9.17, 15) is 35.1 Å². The first-order valence-electron chi connectivity index (χ1n) is 6.35. The van der Waals surface area contributed by atoms with Gasteiger partial charge in [-0.1, -0.05) is 0 Å². The molecular weight excluding hydrogens is 312 g/mol. The van der Waals surface area contributed by atoms with Gasteiger partial charge in [-0.15, -0.1) is 0 Å². The average molecular weight is 330 g/mol.